The van der Waals surface area contributed by atoms with E-state index in [1.165, 1.54) is 15.5 Å². The molecule has 0 aliphatic carbocycles. The van der Waals surface area contributed by atoms with Gasteiger partial charge in [-0.3, -0.25) is 0 Å². The quantitative estimate of drug-likeness (QED) is 0.171. The molecule has 0 spiro atoms. The van der Waals surface area contributed by atoms with Crippen molar-refractivity contribution in [1.29, 1.82) is 0 Å². The average molecular weight is 734 g/mol. The third-order valence-corrected chi connectivity index (χ3v) is 11.7. The summed E-state index contributed by atoms with van der Waals surface area (Å²) < 4.78 is 4.51. The van der Waals surface area contributed by atoms with Crippen LogP contribution in [-0.2, 0) is 0 Å². The molecule has 262 valence electrons. The first-order valence-corrected chi connectivity index (χ1v) is 19.5. The lowest BCUT2D eigenvalue weighted by molar-refractivity contribution is 0.918. The van der Waals surface area contributed by atoms with Gasteiger partial charge in [0.15, 0.2) is 17.5 Å². The first-order valence-electron chi connectivity index (χ1n) is 18.7. The highest BCUT2D eigenvalue weighted by atomic mass is 32.1. The predicted octanol–water partition coefficient (Wildman–Crippen LogP) is 13.1. The number of benzene rings is 8. The summed E-state index contributed by atoms with van der Waals surface area (Å²) in [7, 11) is 0. The van der Waals surface area contributed by atoms with Crippen molar-refractivity contribution in [2.45, 2.75) is 0 Å². The van der Waals surface area contributed by atoms with E-state index in [-0.39, 0.29) is 0 Å². The van der Waals surface area contributed by atoms with Gasteiger partial charge in [0.2, 0.25) is 0 Å². The predicted molar refractivity (Wildman–Crippen MR) is 232 cm³/mol. The minimum absolute atomic E-state index is 0.616. The topological polar surface area (TPSA) is 56.5 Å². The van der Waals surface area contributed by atoms with Gasteiger partial charge in [-0.25, -0.2) is 19.6 Å². The van der Waals surface area contributed by atoms with Gasteiger partial charge in [0.1, 0.15) is 5.69 Å². The summed E-state index contributed by atoms with van der Waals surface area (Å²) in [5, 5.41) is 11.0. The fourth-order valence-electron chi connectivity index (χ4n) is 7.92. The highest BCUT2D eigenvalue weighted by Crippen LogP contribution is 2.44. The number of nitrogens with zero attached hydrogens (tertiary/aromatic N) is 5. The van der Waals surface area contributed by atoms with Crippen molar-refractivity contribution >= 4 is 53.2 Å². The highest BCUT2D eigenvalue weighted by molar-refractivity contribution is 7.26. The lowest BCUT2D eigenvalue weighted by Gasteiger charge is -2.14. The van der Waals surface area contributed by atoms with E-state index >= 15 is 0 Å². The van der Waals surface area contributed by atoms with E-state index in [9.17, 15) is 0 Å². The molecule has 0 saturated carbocycles. The number of para-hydroxylation sites is 1. The van der Waals surface area contributed by atoms with Gasteiger partial charge in [0.25, 0.3) is 0 Å². The van der Waals surface area contributed by atoms with Crippen LogP contribution in [0.15, 0.2) is 188 Å². The van der Waals surface area contributed by atoms with Crippen molar-refractivity contribution < 1.29 is 0 Å². The molecule has 6 heteroatoms. The molecular formula is C50H31N5S. The minimum atomic E-state index is 0.616. The maximum absolute atomic E-state index is 5.40. The molecule has 11 rings (SSSR count). The number of thiophene rings is 1. The van der Waals surface area contributed by atoms with E-state index in [0.29, 0.717) is 17.5 Å². The van der Waals surface area contributed by atoms with E-state index in [1.54, 1.807) is 11.3 Å². The molecule has 0 atom stereocenters. The lowest BCUT2D eigenvalue weighted by Crippen LogP contribution is -2.01. The molecule has 56 heavy (non-hydrogen) atoms. The Bertz CT molecular complexity index is 3230. The Hall–Kier alpha value is -7.28. The van der Waals surface area contributed by atoms with Crippen LogP contribution < -0.4 is 0 Å². The van der Waals surface area contributed by atoms with Crippen molar-refractivity contribution in [2.75, 3.05) is 0 Å². The molecular weight excluding hydrogens is 703 g/mol. The molecule has 0 amide bonds. The molecule has 0 aliphatic rings. The van der Waals surface area contributed by atoms with E-state index in [0.717, 1.165) is 71.1 Å². The van der Waals surface area contributed by atoms with Crippen molar-refractivity contribution in [3.63, 3.8) is 0 Å². The standard InChI is InChI=1S/C50H31N5S/c1-5-17-32(18-6-1)41-31-42-37(46-44(41)45(33-19-7-2-8-20-33)54-55(46)35-23-11-4-12-24-35)26-15-28-39(42)49-51-48(34-21-9-3-10-22-34)52-50(53-49)40-29-16-27-38-36-25-13-14-30-43(36)56-47(38)40/h1-31H. The van der Waals surface area contributed by atoms with Crippen molar-refractivity contribution in [3.05, 3.63) is 188 Å². The van der Waals surface area contributed by atoms with Crippen molar-refractivity contribution in [1.82, 2.24) is 24.7 Å². The highest BCUT2D eigenvalue weighted by Gasteiger charge is 2.24. The minimum Gasteiger partial charge on any atom is -0.232 e. The zero-order valence-corrected chi connectivity index (χ0v) is 30.9. The van der Waals surface area contributed by atoms with Crippen LogP contribution in [0.5, 0.6) is 0 Å². The maximum Gasteiger partial charge on any atom is 0.165 e. The van der Waals surface area contributed by atoms with E-state index < -0.39 is 0 Å². The van der Waals surface area contributed by atoms with Gasteiger partial charge in [0.05, 0.1) is 11.2 Å². The molecule has 0 fully saturated rings. The van der Waals surface area contributed by atoms with Gasteiger partial charge in [0, 0.05) is 53.2 Å². The first-order chi connectivity index (χ1) is 27.8. The van der Waals surface area contributed by atoms with Gasteiger partial charge >= 0.3 is 0 Å². The van der Waals surface area contributed by atoms with E-state index in [4.69, 9.17) is 20.1 Å². The number of rotatable bonds is 6. The van der Waals surface area contributed by atoms with E-state index in [1.807, 2.05) is 30.3 Å². The summed E-state index contributed by atoms with van der Waals surface area (Å²) in [6.45, 7) is 0. The summed E-state index contributed by atoms with van der Waals surface area (Å²) in [6.07, 6.45) is 0. The molecule has 5 nitrogen and oxygen atoms in total. The van der Waals surface area contributed by atoms with Crippen LogP contribution in [0.25, 0.3) is 104 Å². The van der Waals surface area contributed by atoms with Crippen LogP contribution in [-0.4, -0.2) is 24.7 Å². The Morgan fingerprint density at radius 3 is 1.68 bits per heavy atom. The smallest absolute Gasteiger partial charge is 0.165 e. The van der Waals surface area contributed by atoms with Crippen LogP contribution in [0.4, 0.5) is 0 Å². The molecule has 11 aromatic rings. The van der Waals surface area contributed by atoms with Crippen LogP contribution in [0.2, 0.25) is 0 Å². The normalized spacial score (nSPS) is 11.6. The third kappa shape index (κ3) is 5.30. The van der Waals surface area contributed by atoms with Gasteiger partial charge < -0.3 is 0 Å². The summed E-state index contributed by atoms with van der Waals surface area (Å²) in [5.41, 5.74) is 9.06. The van der Waals surface area contributed by atoms with Gasteiger partial charge in [-0.15, -0.1) is 11.3 Å². The second-order valence-electron chi connectivity index (χ2n) is 13.8. The fourth-order valence-corrected chi connectivity index (χ4v) is 9.13. The molecule has 0 saturated heterocycles. The molecule has 3 aromatic heterocycles. The Labute approximate surface area is 326 Å². The van der Waals surface area contributed by atoms with Crippen LogP contribution in [0.3, 0.4) is 0 Å². The lowest BCUT2D eigenvalue weighted by atomic mass is 9.92. The number of hydrogen-bond acceptors (Lipinski definition) is 5. The van der Waals surface area contributed by atoms with Gasteiger partial charge in [-0.1, -0.05) is 158 Å². The monoisotopic (exact) mass is 733 g/mol. The third-order valence-electron chi connectivity index (χ3n) is 10.5. The zero-order chi connectivity index (χ0) is 37.0. The van der Waals surface area contributed by atoms with Crippen LogP contribution >= 0.6 is 11.3 Å². The zero-order valence-electron chi connectivity index (χ0n) is 30.0. The Morgan fingerprint density at radius 1 is 0.393 bits per heavy atom. The largest absolute Gasteiger partial charge is 0.232 e. The number of aromatic nitrogens is 5. The Balaban J connectivity index is 1.24. The molecule has 0 radical (unpaired) electrons. The van der Waals surface area contributed by atoms with Gasteiger partial charge in [-0.05, 0) is 46.8 Å². The first kappa shape index (κ1) is 32.2. The summed E-state index contributed by atoms with van der Waals surface area (Å²) in [6, 6.07) is 65.5. The molecule has 0 unspecified atom stereocenters. The summed E-state index contributed by atoms with van der Waals surface area (Å²) in [5.74, 6) is 1.89. The fraction of sp³-hybridized carbons (Fsp3) is 0. The molecule has 0 N–H and O–H groups in total. The van der Waals surface area contributed by atoms with Gasteiger partial charge in [-0.2, -0.15) is 5.10 Å². The molecule has 8 aromatic carbocycles. The summed E-state index contributed by atoms with van der Waals surface area (Å²) in [4.78, 5) is 15.8. The van der Waals surface area contributed by atoms with Crippen molar-refractivity contribution in [2.24, 2.45) is 0 Å². The SMILES string of the molecule is c1ccc(-c2nc(-c3cccc4c3cc(-c3ccccc3)c3c(-c5ccccc5)nn(-c5ccccc5)c34)nc(-c3cccc4c3sc3ccccc34)n2)cc1. The Kier molecular flexibility index (Phi) is 7.60. The second-order valence-corrected chi connectivity index (χ2v) is 14.9. The molecule has 0 bridgehead atoms. The second kappa shape index (κ2) is 13.2. The van der Waals surface area contributed by atoms with Crippen LogP contribution in [0, 0.1) is 0 Å². The number of hydrogen-bond donors (Lipinski definition) is 0. The van der Waals surface area contributed by atoms with Crippen LogP contribution in [0.1, 0.15) is 0 Å². The number of fused-ring (bicyclic) bond motifs is 6. The van der Waals surface area contributed by atoms with Crippen molar-refractivity contribution in [3.8, 4) is 62.2 Å². The maximum atomic E-state index is 5.40. The molecule has 3 heterocycles. The summed E-state index contributed by atoms with van der Waals surface area (Å²) >= 11 is 1.78. The van der Waals surface area contributed by atoms with E-state index in [2.05, 4.69) is 162 Å². The average Bonchev–Trinajstić information content (AvgIpc) is 3.87. The Morgan fingerprint density at radius 2 is 0.946 bits per heavy atom. The molecule has 0 aliphatic heterocycles.